The van der Waals surface area contributed by atoms with Gasteiger partial charge in [-0.05, 0) is 27.2 Å². The molecule has 0 aliphatic carbocycles. The van der Waals surface area contributed by atoms with Crippen molar-refractivity contribution in [3.8, 4) is 0 Å². The molecule has 0 spiro atoms. The van der Waals surface area contributed by atoms with E-state index in [0.29, 0.717) is 6.04 Å². The molecule has 3 nitrogen and oxygen atoms in total. The molecule has 0 saturated heterocycles. The average Bonchev–Trinajstić information content (AvgIpc) is 2.57. The van der Waals surface area contributed by atoms with Gasteiger partial charge in [-0.3, -0.25) is 0 Å². The lowest BCUT2D eigenvalue weighted by molar-refractivity contribution is 0.489. The minimum Gasteiger partial charge on any atom is -0.356 e. The average molecular weight is 209 g/mol. The van der Waals surface area contributed by atoms with Gasteiger partial charge in [0.1, 0.15) is 0 Å². The van der Waals surface area contributed by atoms with Crippen LogP contribution in [0, 0.1) is 6.92 Å². The lowest BCUT2D eigenvalue weighted by atomic mass is 10.1. The Morgan fingerprint density at radius 3 is 2.80 bits per heavy atom. The fourth-order valence-electron chi connectivity index (χ4n) is 1.78. The van der Waals surface area contributed by atoms with E-state index in [1.165, 1.54) is 19.3 Å². The van der Waals surface area contributed by atoms with Gasteiger partial charge < -0.3 is 9.88 Å². The van der Waals surface area contributed by atoms with Gasteiger partial charge in [0.15, 0.2) is 0 Å². The largest absolute Gasteiger partial charge is 0.356 e. The van der Waals surface area contributed by atoms with E-state index in [4.69, 9.17) is 0 Å². The van der Waals surface area contributed by atoms with Crippen LogP contribution in [0.1, 0.15) is 51.8 Å². The molecule has 1 atom stereocenters. The molecule has 1 N–H and O–H groups in total. The molecule has 86 valence electrons. The maximum Gasteiger partial charge on any atom is 0.203 e. The minimum absolute atomic E-state index is 0.542. The van der Waals surface area contributed by atoms with Gasteiger partial charge >= 0.3 is 0 Å². The third kappa shape index (κ3) is 3.26. The highest BCUT2D eigenvalue weighted by molar-refractivity contribution is 5.29. The van der Waals surface area contributed by atoms with E-state index in [-0.39, 0.29) is 0 Å². The monoisotopic (exact) mass is 209 g/mol. The standard InChI is InChI=1S/C12H23N3/c1-5-7-8-11(4)15-9-10(3)14-12(15)13-6-2/h9,11H,5-8H2,1-4H3,(H,13,14). The van der Waals surface area contributed by atoms with E-state index < -0.39 is 0 Å². The van der Waals surface area contributed by atoms with Crippen LogP contribution in [-0.2, 0) is 0 Å². The van der Waals surface area contributed by atoms with Gasteiger partial charge in [0.2, 0.25) is 5.95 Å². The van der Waals surface area contributed by atoms with Crippen LogP contribution < -0.4 is 5.32 Å². The van der Waals surface area contributed by atoms with Crippen molar-refractivity contribution in [3.63, 3.8) is 0 Å². The van der Waals surface area contributed by atoms with Crippen LogP contribution in [0.5, 0.6) is 0 Å². The highest BCUT2D eigenvalue weighted by atomic mass is 15.2. The molecule has 0 aliphatic rings. The fraction of sp³-hybridized carbons (Fsp3) is 0.750. The van der Waals surface area contributed by atoms with Crippen molar-refractivity contribution in [2.24, 2.45) is 0 Å². The summed E-state index contributed by atoms with van der Waals surface area (Å²) in [5.74, 6) is 1.01. The number of hydrogen-bond donors (Lipinski definition) is 1. The minimum atomic E-state index is 0.542. The van der Waals surface area contributed by atoms with E-state index in [9.17, 15) is 0 Å². The molecular formula is C12H23N3. The summed E-state index contributed by atoms with van der Waals surface area (Å²) >= 11 is 0. The molecular weight excluding hydrogens is 186 g/mol. The Bertz CT molecular complexity index is 291. The second kappa shape index (κ2) is 5.79. The van der Waals surface area contributed by atoms with Crippen LogP contribution in [0.2, 0.25) is 0 Å². The molecule has 15 heavy (non-hydrogen) atoms. The smallest absolute Gasteiger partial charge is 0.203 e. The summed E-state index contributed by atoms with van der Waals surface area (Å²) in [4.78, 5) is 4.48. The summed E-state index contributed by atoms with van der Waals surface area (Å²) in [5, 5.41) is 3.31. The zero-order valence-corrected chi connectivity index (χ0v) is 10.4. The Morgan fingerprint density at radius 2 is 2.20 bits per heavy atom. The van der Waals surface area contributed by atoms with Gasteiger partial charge in [0, 0.05) is 18.8 Å². The number of aromatic nitrogens is 2. The third-order valence-electron chi connectivity index (χ3n) is 2.64. The van der Waals surface area contributed by atoms with Crippen molar-refractivity contribution >= 4 is 5.95 Å². The molecule has 0 aromatic carbocycles. The number of anilines is 1. The lowest BCUT2D eigenvalue weighted by Crippen LogP contribution is -2.10. The van der Waals surface area contributed by atoms with Gasteiger partial charge in [-0.1, -0.05) is 19.8 Å². The van der Waals surface area contributed by atoms with Crippen molar-refractivity contribution in [3.05, 3.63) is 11.9 Å². The second-order valence-corrected chi connectivity index (χ2v) is 4.13. The van der Waals surface area contributed by atoms with Gasteiger partial charge in [0.25, 0.3) is 0 Å². The summed E-state index contributed by atoms with van der Waals surface area (Å²) in [6.07, 6.45) is 5.90. The topological polar surface area (TPSA) is 29.9 Å². The van der Waals surface area contributed by atoms with Crippen LogP contribution in [0.3, 0.4) is 0 Å². The second-order valence-electron chi connectivity index (χ2n) is 4.13. The maximum atomic E-state index is 4.48. The molecule has 0 saturated carbocycles. The summed E-state index contributed by atoms with van der Waals surface area (Å²) in [6, 6.07) is 0.542. The van der Waals surface area contributed by atoms with E-state index in [2.05, 4.69) is 41.8 Å². The molecule has 0 aliphatic heterocycles. The quantitative estimate of drug-likeness (QED) is 0.778. The zero-order valence-electron chi connectivity index (χ0n) is 10.4. The molecule has 0 bridgehead atoms. The molecule has 3 heteroatoms. The van der Waals surface area contributed by atoms with Gasteiger partial charge in [0.05, 0.1) is 5.69 Å². The Labute approximate surface area is 92.9 Å². The predicted molar refractivity (Wildman–Crippen MR) is 65.4 cm³/mol. The first kappa shape index (κ1) is 12.1. The Morgan fingerprint density at radius 1 is 1.47 bits per heavy atom. The van der Waals surface area contributed by atoms with Crippen molar-refractivity contribution in [1.29, 1.82) is 0 Å². The lowest BCUT2D eigenvalue weighted by Gasteiger charge is -2.16. The molecule has 1 aromatic heterocycles. The normalized spacial score (nSPS) is 12.8. The summed E-state index contributed by atoms with van der Waals surface area (Å²) in [7, 11) is 0. The predicted octanol–water partition coefficient (Wildman–Crippen LogP) is 3.37. The summed E-state index contributed by atoms with van der Waals surface area (Å²) in [6.45, 7) is 9.57. The molecule has 0 radical (unpaired) electrons. The van der Waals surface area contributed by atoms with Crippen molar-refractivity contribution < 1.29 is 0 Å². The number of rotatable bonds is 6. The molecule has 0 amide bonds. The van der Waals surface area contributed by atoms with Gasteiger partial charge in [-0.15, -0.1) is 0 Å². The molecule has 1 heterocycles. The first-order valence-electron chi connectivity index (χ1n) is 5.98. The fourth-order valence-corrected chi connectivity index (χ4v) is 1.78. The molecule has 0 fully saturated rings. The number of aryl methyl sites for hydroxylation is 1. The molecule has 1 unspecified atom stereocenters. The highest BCUT2D eigenvalue weighted by Crippen LogP contribution is 2.20. The van der Waals surface area contributed by atoms with Crippen LogP contribution in [0.15, 0.2) is 6.20 Å². The van der Waals surface area contributed by atoms with Crippen molar-refractivity contribution in [2.75, 3.05) is 11.9 Å². The van der Waals surface area contributed by atoms with Crippen molar-refractivity contribution in [2.45, 2.75) is 53.0 Å². The number of hydrogen-bond acceptors (Lipinski definition) is 2. The molecule has 1 rings (SSSR count). The number of nitrogens with zero attached hydrogens (tertiary/aromatic N) is 2. The van der Waals surface area contributed by atoms with Crippen LogP contribution in [-0.4, -0.2) is 16.1 Å². The number of nitrogens with one attached hydrogen (secondary N) is 1. The maximum absolute atomic E-state index is 4.48. The van der Waals surface area contributed by atoms with Gasteiger partial charge in [-0.2, -0.15) is 0 Å². The summed E-state index contributed by atoms with van der Waals surface area (Å²) in [5.41, 5.74) is 1.09. The van der Waals surface area contributed by atoms with Crippen LogP contribution in [0.25, 0.3) is 0 Å². The highest BCUT2D eigenvalue weighted by Gasteiger charge is 2.10. The first-order chi connectivity index (χ1) is 7.19. The SMILES string of the molecule is CCCCC(C)n1cc(C)nc1NCC. The summed E-state index contributed by atoms with van der Waals surface area (Å²) < 4.78 is 2.26. The number of imidazole rings is 1. The Balaban J connectivity index is 2.72. The van der Waals surface area contributed by atoms with E-state index in [0.717, 1.165) is 18.2 Å². The molecule has 1 aromatic rings. The van der Waals surface area contributed by atoms with Gasteiger partial charge in [-0.25, -0.2) is 4.98 Å². The Hall–Kier alpha value is -0.990. The van der Waals surface area contributed by atoms with Crippen LogP contribution >= 0.6 is 0 Å². The number of unbranched alkanes of at least 4 members (excludes halogenated alkanes) is 1. The van der Waals surface area contributed by atoms with E-state index in [1.807, 2.05) is 6.92 Å². The third-order valence-corrected chi connectivity index (χ3v) is 2.64. The van der Waals surface area contributed by atoms with E-state index in [1.54, 1.807) is 0 Å². The Kier molecular flexibility index (Phi) is 4.66. The first-order valence-corrected chi connectivity index (χ1v) is 5.98. The zero-order chi connectivity index (χ0) is 11.3. The van der Waals surface area contributed by atoms with E-state index >= 15 is 0 Å². The van der Waals surface area contributed by atoms with Crippen LogP contribution in [0.4, 0.5) is 5.95 Å². The van der Waals surface area contributed by atoms with Crippen molar-refractivity contribution in [1.82, 2.24) is 9.55 Å².